The average Bonchev–Trinajstić information content (AvgIpc) is 2.85. The predicted molar refractivity (Wildman–Crippen MR) is 137 cm³/mol. The van der Waals surface area contributed by atoms with Gasteiger partial charge in [-0.15, -0.1) is 0 Å². The van der Waals surface area contributed by atoms with Crippen LogP contribution in [0.2, 0.25) is 5.02 Å². The number of nitrogens with one attached hydrogen (secondary N) is 2. The largest absolute Gasteiger partial charge is 0.490 e. The zero-order chi connectivity index (χ0) is 24.6. The molecule has 2 amide bonds. The second-order valence-electron chi connectivity index (χ2n) is 9.48. The highest BCUT2D eigenvalue weighted by molar-refractivity contribution is 6.31. The Labute approximate surface area is 211 Å². The summed E-state index contributed by atoms with van der Waals surface area (Å²) in [7, 11) is 0. The van der Waals surface area contributed by atoms with E-state index in [9.17, 15) is 9.59 Å². The SMILES string of the molecule is CCCOc1cc(OC(=O)NC2CCCCC2)c2cc(Cl)ccc2c1OC(=O)NC1CCCCC1. The van der Waals surface area contributed by atoms with Crippen LogP contribution < -0.4 is 24.8 Å². The Hall–Kier alpha value is -2.67. The van der Waals surface area contributed by atoms with Gasteiger partial charge in [-0.1, -0.05) is 57.0 Å². The number of hydrogen-bond acceptors (Lipinski definition) is 5. The van der Waals surface area contributed by atoms with Gasteiger partial charge in [0.15, 0.2) is 11.5 Å². The van der Waals surface area contributed by atoms with E-state index in [0.717, 1.165) is 57.8 Å². The van der Waals surface area contributed by atoms with Crippen molar-refractivity contribution in [1.29, 1.82) is 0 Å². The van der Waals surface area contributed by atoms with Gasteiger partial charge in [-0.2, -0.15) is 0 Å². The van der Waals surface area contributed by atoms with Crippen LogP contribution in [0.25, 0.3) is 10.8 Å². The molecule has 0 bridgehead atoms. The Morgan fingerprint density at radius 2 is 1.43 bits per heavy atom. The quantitative estimate of drug-likeness (QED) is 0.420. The molecule has 7 nitrogen and oxygen atoms in total. The molecule has 0 heterocycles. The number of halogens is 1. The molecule has 0 aliphatic heterocycles. The fourth-order valence-electron chi connectivity index (χ4n) is 4.90. The summed E-state index contributed by atoms with van der Waals surface area (Å²) in [6, 6.07) is 7.01. The summed E-state index contributed by atoms with van der Waals surface area (Å²) in [5.41, 5.74) is 0. The summed E-state index contributed by atoms with van der Waals surface area (Å²) in [5, 5.41) is 7.59. The number of ether oxygens (including phenoxy) is 3. The van der Waals surface area contributed by atoms with Crippen LogP contribution in [0.3, 0.4) is 0 Å². The third-order valence-electron chi connectivity index (χ3n) is 6.69. The molecule has 2 N–H and O–H groups in total. The molecule has 0 saturated heterocycles. The Morgan fingerprint density at radius 3 is 2.03 bits per heavy atom. The molecule has 8 heteroatoms. The van der Waals surface area contributed by atoms with Gasteiger partial charge >= 0.3 is 12.2 Å². The van der Waals surface area contributed by atoms with Gasteiger partial charge in [0, 0.05) is 33.9 Å². The molecule has 190 valence electrons. The molecule has 0 atom stereocenters. The molecule has 2 aromatic rings. The van der Waals surface area contributed by atoms with Gasteiger partial charge < -0.3 is 24.8 Å². The Balaban J connectivity index is 1.61. The minimum atomic E-state index is -0.516. The summed E-state index contributed by atoms with van der Waals surface area (Å²) in [6.45, 7) is 2.42. The van der Waals surface area contributed by atoms with Crippen LogP contribution in [-0.2, 0) is 0 Å². The summed E-state index contributed by atoms with van der Waals surface area (Å²) >= 11 is 6.29. The molecular formula is C27H35ClN2O5. The predicted octanol–water partition coefficient (Wildman–Crippen LogP) is 7.12. The maximum Gasteiger partial charge on any atom is 0.412 e. The second-order valence-corrected chi connectivity index (χ2v) is 9.91. The maximum atomic E-state index is 12.8. The highest BCUT2D eigenvalue weighted by atomic mass is 35.5. The van der Waals surface area contributed by atoms with E-state index in [4.69, 9.17) is 25.8 Å². The lowest BCUT2D eigenvalue weighted by atomic mass is 9.96. The molecule has 0 spiro atoms. The summed E-state index contributed by atoms with van der Waals surface area (Å²) in [4.78, 5) is 25.5. The van der Waals surface area contributed by atoms with E-state index in [2.05, 4.69) is 10.6 Å². The zero-order valence-corrected chi connectivity index (χ0v) is 21.1. The van der Waals surface area contributed by atoms with Crippen molar-refractivity contribution in [1.82, 2.24) is 10.6 Å². The van der Waals surface area contributed by atoms with E-state index in [1.165, 1.54) is 12.8 Å². The van der Waals surface area contributed by atoms with E-state index < -0.39 is 12.2 Å². The van der Waals surface area contributed by atoms with E-state index in [-0.39, 0.29) is 12.1 Å². The van der Waals surface area contributed by atoms with Crippen molar-refractivity contribution < 1.29 is 23.8 Å². The van der Waals surface area contributed by atoms with Crippen molar-refractivity contribution in [2.45, 2.75) is 89.6 Å². The Morgan fingerprint density at radius 1 is 0.829 bits per heavy atom. The van der Waals surface area contributed by atoms with Crippen LogP contribution in [0.1, 0.15) is 77.6 Å². The molecule has 2 aliphatic rings. The molecule has 4 rings (SSSR count). The topological polar surface area (TPSA) is 85.9 Å². The Kier molecular flexibility index (Phi) is 8.96. The normalized spacial score (nSPS) is 17.1. The van der Waals surface area contributed by atoms with Gasteiger partial charge in [-0.05, 0) is 50.3 Å². The Bertz CT molecular complexity index is 1030. The van der Waals surface area contributed by atoms with Gasteiger partial charge in [-0.25, -0.2) is 9.59 Å². The minimum Gasteiger partial charge on any atom is -0.490 e. The van der Waals surface area contributed by atoms with Crippen molar-refractivity contribution in [3.8, 4) is 17.2 Å². The average molecular weight is 503 g/mol. The fourth-order valence-corrected chi connectivity index (χ4v) is 5.07. The summed E-state index contributed by atoms with van der Waals surface area (Å²) in [6.07, 6.45) is 10.4. The highest BCUT2D eigenvalue weighted by Gasteiger charge is 2.23. The monoisotopic (exact) mass is 502 g/mol. The van der Waals surface area contributed by atoms with Crippen LogP contribution in [0.4, 0.5) is 9.59 Å². The minimum absolute atomic E-state index is 0.114. The first-order valence-corrected chi connectivity index (χ1v) is 13.3. The van der Waals surface area contributed by atoms with Crippen molar-refractivity contribution in [3.63, 3.8) is 0 Å². The summed E-state index contributed by atoms with van der Waals surface area (Å²) < 4.78 is 17.5. The fraction of sp³-hybridized carbons (Fsp3) is 0.556. The number of fused-ring (bicyclic) bond motifs is 1. The molecule has 35 heavy (non-hydrogen) atoms. The number of benzene rings is 2. The lowest BCUT2D eigenvalue weighted by Crippen LogP contribution is -2.38. The van der Waals surface area contributed by atoms with E-state index in [1.54, 1.807) is 24.3 Å². The molecule has 2 fully saturated rings. The van der Waals surface area contributed by atoms with E-state index in [1.807, 2.05) is 6.92 Å². The van der Waals surface area contributed by atoms with Gasteiger partial charge in [0.2, 0.25) is 0 Å². The first-order chi connectivity index (χ1) is 17.0. The third kappa shape index (κ3) is 6.94. The molecule has 2 aliphatic carbocycles. The number of hydrogen-bond donors (Lipinski definition) is 2. The highest BCUT2D eigenvalue weighted by Crippen LogP contribution is 2.43. The smallest absolute Gasteiger partial charge is 0.412 e. The zero-order valence-electron chi connectivity index (χ0n) is 20.4. The molecule has 2 aromatic carbocycles. The van der Waals surface area contributed by atoms with Gasteiger partial charge in [0.05, 0.1) is 6.61 Å². The molecule has 0 radical (unpaired) electrons. The van der Waals surface area contributed by atoms with Crippen LogP contribution in [0.5, 0.6) is 17.2 Å². The molecule has 0 aromatic heterocycles. The second kappa shape index (κ2) is 12.3. The first kappa shape index (κ1) is 25.4. The number of carbonyl (C=O) groups excluding carboxylic acids is 2. The first-order valence-electron chi connectivity index (χ1n) is 12.9. The number of amides is 2. The number of carbonyl (C=O) groups is 2. The van der Waals surface area contributed by atoms with Crippen molar-refractivity contribution >= 4 is 34.6 Å². The van der Waals surface area contributed by atoms with Gasteiger partial charge in [0.25, 0.3) is 0 Å². The maximum absolute atomic E-state index is 12.8. The van der Waals surface area contributed by atoms with E-state index in [0.29, 0.717) is 39.7 Å². The van der Waals surface area contributed by atoms with Crippen molar-refractivity contribution in [2.75, 3.05) is 6.61 Å². The third-order valence-corrected chi connectivity index (χ3v) is 6.93. The van der Waals surface area contributed by atoms with Crippen LogP contribution in [0, 0.1) is 0 Å². The van der Waals surface area contributed by atoms with Crippen LogP contribution >= 0.6 is 11.6 Å². The van der Waals surface area contributed by atoms with Crippen LogP contribution in [0.15, 0.2) is 24.3 Å². The molecule has 2 saturated carbocycles. The molecule has 0 unspecified atom stereocenters. The van der Waals surface area contributed by atoms with Gasteiger partial charge in [0.1, 0.15) is 5.75 Å². The van der Waals surface area contributed by atoms with Crippen molar-refractivity contribution in [3.05, 3.63) is 29.3 Å². The summed E-state index contributed by atoms with van der Waals surface area (Å²) in [5.74, 6) is 0.946. The lowest BCUT2D eigenvalue weighted by molar-refractivity contribution is 0.187. The standard InChI is InChI=1S/C27H35ClN2O5/c1-2-15-33-24-17-23(34-26(31)29-19-9-5-3-6-10-19)22-16-18(28)13-14-21(22)25(24)35-27(32)30-20-11-7-4-8-12-20/h13-14,16-17,19-20H,2-12,15H2,1H3,(H,29,31)(H,30,32). The lowest BCUT2D eigenvalue weighted by Gasteiger charge is -2.24. The van der Waals surface area contributed by atoms with Crippen LogP contribution in [-0.4, -0.2) is 30.9 Å². The van der Waals surface area contributed by atoms with Crippen molar-refractivity contribution in [2.24, 2.45) is 0 Å². The molecular weight excluding hydrogens is 468 g/mol. The number of rotatable bonds is 7. The van der Waals surface area contributed by atoms with Gasteiger partial charge in [-0.3, -0.25) is 0 Å². The van der Waals surface area contributed by atoms with E-state index >= 15 is 0 Å².